The average Bonchev–Trinajstić information content (AvgIpc) is 3.04. The van der Waals surface area contributed by atoms with Crippen molar-refractivity contribution in [2.24, 2.45) is 0 Å². The molecule has 4 amide bonds. The topological polar surface area (TPSA) is 133 Å². The number of H-pyrrole nitrogens is 1. The van der Waals surface area contributed by atoms with Crippen LogP contribution in [-0.2, 0) is 4.79 Å². The van der Waals surface area contributed by atoms with Gasteiger partial charge in [-0.15, -0.1) is 0 Å². The van der Waals surface area contributed by atoms with Gasteiger partial charge >= 0.3 is 0 Å². The predicted octanol–water partition coefficient (Wildman–Crippen LogP) is 0.175. The molecule has 1 fully saturated rings. The highest BCUT2D eigenvalue weighted by molar-refractivity contribution is 6.22. The molecule has 10 heteroatoms. The van der Waals surface area contributed by atoms with Gasteiger partial charge in [-0.1, -0.05) is 12.1 Å². The van der Waals surface area contributed by atoms with Crippen molar-refractivity contribution in [2.45, 2.75) is 31.8 Å². The van der Waals surface area contributed by atoms with Gasteiger partial charge in [-0.3, -0.25) is 28.9 Å². The molecule has 3 heterocycles. The van der Waals surface area contributed by atoms with Crippen LogP contribution < -0.4 is 10.9 Å². The Morgan fingerprint density at radius 3 is 2.19 bits per heavy atom. The zero-order valence-electron chi connectivity index (χ0n) is 16.8. The summed E-state index contributed by atoms with van der Waals surface area (Å²) in [5.41, 5.74) is 0.335. The standard InChI is InChI=1S/C21H21N5O5/c1-12(26-20(30)14-4-2-3-5-15(14)21(26)31)19(29)25-10-8-13(9-11-25)22-18(28)16-6-7-17(27)24-23-16/h2-7,12-13H,8-11H2,1H3,(H,22,28)(H,24,27). The molecule has 0 aliphatic carbocycles. The van der Waals surface area contributed by atoms with Gasteiger partial charge in [0, 0.05) is 25.2 Å². The van der Waals surface area contributed by atoms with Gasteiger partial charge in [-0.25, -0.2) is 5.10 Å². The zero-order chi connectivity index (χ0) is 22.1. The molecule has 1 saturated heterocycles. The van der Waals surface area contributed by atoms with Crippen molar-refractivity contribution in [1.29, 1.82) is 0 Å². The molecule has 4 rings (SSSR count). The van der Waals surface area contributed by atoms with Gasteiger partial charge in [-0.2, -0.15) is 5.10 Å². The highest BCUT2D eigenvalue weighted by Crippen LogP contribution is 2.25. The molecular weight excluding hydrogens is 402 g/mol. The molecule has 0 saturated carbocycles. The molecule has 2 N–H and O–H groups in total. The Hall–Kier alpha value is -3.82. The number of imide groups is 1. The number of fused-ring (bicyclic) bond motifs is 1. The first-order valence-electron chi connectivity index (χ1n) is 9.99. The summed E-state index contributed by atoms with van der Waals surface area (Å²) in [6.07, 6.45) is 1.05. The largest absolute Gasteiger partial charge is 0.348 e. The van der Waals surface area contributed by atoms with E-state index in [1.807, 2.05) is 0 Å². The molecule has 0 bridgehead atoms. The summed E-state index contributed by atoms with van der Waals surface area (Å²) in [4.78, 5) is 64.1. The van der Waals surface area contributed by atoms with E-state index in [1.54, 1.807) is 36.1 Å². The molecule has 2 aromatic rings. The van der Waals surface area contributed by atoms with Crippen molar-refractivity contribution in [3.05, 3.63) is 63.6 Å². The van der Waals surface area contributed by atoms with Crippen LogP contribution in [0.1, 0.15) is 51.0 Å². The summed E-state index contributed by atoms with van der Waals surface area (Å²) in [6, 6.07) is 8.03. The number of likely N-dealkylation sites (tertiary alicyclic amines) is 1. The number of carbonyl (C=O) groups is 4. The van der Waals surface area contributed by atoms with Crippen molar-refractivity contribution in [2.75, 3.05) is 13.1 Å². The molecule has 0 radical (unpaired) electrons. The van der Waals surface area contributed by atoms with E-state index in [2.05, 4.69) is 15.5 Å². The van der Waals surface area contributed by atoms with Crippen molar-refractivity contribution in [3.63, 3.8) is 0 Å². The fourth-order valence-electron chi connectivity index (χ4n) is 3.91. The third-order valence-electron chi connectivity index (χ3n) is 5.62. The molecule has 1 unspecified atom stereocenters. The van der Waals surface area contributed by atoms with Crippen LogP contribution >= 0.6 is 0 Å². The lowest BCUT2D eigenvalue weighted by Crippen LogP contribution is -2.53. The molecule has 2 aliphatic rings. The van der Waals surface area contributed by atoms with E-state index in [9.17, 15) is 24.0 Å². The summed E-state index contributed by atoms with van der Waals surface area (Å²) in [5, 5.41) is 8.76. The van der Waals surface area contributed by atoms with Crippen molar-refractivity contribution in [1.82, 2.24) is 25.3 Å². The van der Waals surface area contributed by atoms with Gasteiger partial charge in [0.1, 0.15) is 11.7 Å². The third kappa shape index (κ3) is 3.83. The van der Waals surface area contributed by atoms with E-state index < -0.39 is 29.3 Å². The predicted molar refractivity (Wildman–Crippen MR) is 108 cm³/mol. The lowest BCUT2D eigenvalue weighted by Gasteiger charge is -2.35. The lowest BCUT2D eigenvalue weighted by molar-refractivity contribution is -0.136. The van der Waals surface area contributed by atoms with Crippen LogP contribution in [0, 0.1) is 0 Å². The molecule has 0 spiro atoms. The van der Waals surface area contributed by atoms with Crippen LogP contribution in [-0.4, -0.2) is 68.8 Å². The fraction of sp³-hybridized carbons (Fsp3) is 0.333. The molecule has 31 heavy (non-hydrogen) atoms. The minimum Gasteiger partial charge on any atom is -0.348 e. The van der Waals surface area contributed by atoms with E-state index >= 15 is 0 Å². The smallest absolute Gasteiger partial charge is 0.271 e. The first kappa shape index (κ1) is 20.5. The number of hydrogen-bond donors (Lipinski definition) is 2. The summed E-state index contributed by atoms with van der Waals surface area (Å²) in [7, 11) is 0. The number of amides is 4. The third-order valence-corrected chi connectivity index (χ3v) is 5.62. The molecule has 1 aromatic carbocycles. The quantitative estimate of drug-likeness (QED) is 0.674. The average molecular weight is 423 g/mol. The Morgan fingerprint density at radius 2 is 1.65 bits per heavy atom. The van der Waals surface area contributed by atoms with Crippen LogP contribution in [0.3, 0.4) is 0 Å². The second-order valence-corrected chi connectivity index (χ2v) is 7.58. The van der Waals surface area contributed by atoms with E-state index in [4.69, 9.17) is 0 Å². The normalized spacial score (nSPS) is 17.5. The Kier molecular flexibility index (Phi) is 5.37. The second kappa shape index (κ2) is 8.13. The summed E-state index contributed by atoms with van der Waals surface area (Å²) >= 11 is 0. The number of aromatic nitrogens is 2. The number of benzene rings is 1. The maximum absolute atomic E-state index is 13.0. The first-order valence-corrected chi connectivity index (χ1v) is 9.99. The Balaban J connectivity index is 1.35. The Bertz CT molecular complexity index is 1060. The number of rotatable bonds is 4. The number of nitrogens with one attached hydrogen (secondary N) is 2. The first-order chi connectivity index (χ1) is 14.9. The number of hydrogen-bond acceptors (Lipinski definition) is 6. The zero-order valence-corrected chi connectivity index (χ0v) is 16.8. The monoisotopic (exact) mass is 423 g/mol. The summed E-state index contributed by atoms with van der Waals surface area (Å²) < 4.78 is 0. The van der Waals surface area contributed by atoms with Crippen LogP contribution in [0.2, 0.25) is 0 Å². The van der Waals surface area contributed by atoms with Crippen LogP contribution in [0.5, 0.6) is 0 Å². The van der Waals surface area contributed by atoms with Crippen LogP contribution in [0.25, 0.3) is 0 Å². The fourth-order valence-corrected chi connectivity index (χ4v) is 3.91. The Labute approximate surface area is 177 Å². The highest BCUT2D eigenvalue weighted by Gasteiger charge is 2.42. The van der Waals surface area contributed by atoms with Gasteiger partial charge in [0.15, 0.2) is 0 Å². The summed E-state index contributed by atoms with van der Waals surface area (Å²) in [6.45, 7) is 2.33. The van der Waals surface area contributed by atoms with Gasteiger partial charge < -0.3 is 10.2 Å². The van der Waals surface area contributed by atoms with Gasteiger partial charge in [-0.05, 0) is 38.0 Å². The molecule has 1 aromatic heterocycles. The maximum atomic E-state index is 13.0. The second-order valence-electron chi connectivity index (χ2n) is 7.58. The lowest BCUT2D eigenvalue weighted by atomic mass is 10.0. The summed E-state index contributed by atoms with van der Waals surface area (Å²) in [5.74, 6) is -1.63. The number of nitrogens with zero attached hydrogens (tertiary/aromatic N) is 3. The van der Waals surface area contributed by atoms with Crippen LogP contribution in [0.15, 0.2) is 41.2 Å². The molecule has 1 atom stereocenters. The molecular formula is C21H21N5O5. The van der Waals surface area contributed by atoms with E-state index in [0.29, 0.717) is 37.1 Å². The Morgan fingerprint density at radius 1 is 1.03 bits per heavy atom. The van der Waals surface area contributed by atoms with Gasteiger partial charge in [0.25, 0.3) is 23.3 Å². The van der Waals surface area contributed by atoms with Gasteiger partial charge in [0.2, 0.25) is 5.91 Å². The molecule has 160 valence electrons. The minimum atomic E-state index is -0.913. The van der Waals surface area contributed by atoms with E-state index in [0.717, 1.165) is 4.90 Å². The van der Waals surface area contributed by atoms with E-state index in [-0.39, 0.29) is 17.6 Å². The molecule has 10 nitrogen and oxygen atoms in total. The maximum Gasteiger partial charge on any atom is 0.271 e. The van der Waals surface area contributed by atoms with Crippen LogP contribution in [0.4, 0.5) is 0 Å². The highest BCUT2D eigenvalue weighted by atomic mass is 16.2. The number of piperidine rings is 1. The number of carbonyl (C=O) groups excluding carboxylic acids is 4. The van der Waals surface area contributed by atoms with E-state index in [1.165, 1.54) is 12.1 Å². The SMILES string of the molecule is CC(C(=O)N1CCC(NC(=O)c2ccc(=O)[nH]n2)CC1)N1C(=O)c2ccccc2C1=O. The minimum absolute atomic E-state index is 0.109. The van der Waals surface area contributed by atoms with Crippen molar-refractivity contribution >= 4 is 23.6 Å². The van der Waals surface area contributed by atoms with Crippen molar-refractivity contribution in [3.8, 4) is 0 Å². The molecule has 2 aliphatic heterocycles. The van der Waals surface area contributed by atoms with Gasteiger partial charge in [0.05, 0.1) is 11.1 Å². The van der Waals surface area contributed by atoms with Crippen molar-refractivity contribution < 1.29 is 19.2 Å². The number of aromatic amines is 1.